The molecular weight excluding hydrogens is 875 g/mol. The van der Waals surface area contributed by atoms with Crippen molar-refractivity contribution in [2.75, 3.05) is 41.0 Å². The van der Waals surface area contributed by atoms with Crippen molar-refractivity contribution in [3.05, 3.63) is 0 Å². The zero-order valence-corrected chi connectivity index (χ0v) is 63.5. The van der Waals surface area contributed by atoms with Gasteiger partial charge in [-0.05, 0) is 27.7 Å². The van der Waals surface area contributed by atoms with Crippen LogP contribution in [0.1, 0.15) is 41.0 Å². The van der Waals surface area contributed by atoms with Gasteiger partial charge in [-0.3, -0.25) is 42.4 Å². The number of ether oxygens (including phenoxy) is 1. The average Bonchev–Trinajstić information content (AvgIpc) is 3.07. The molecule has 0 radical (unpaired) electrons. The molecule has 0 aliphatic heterocycles. The van der Waals surface area contributed by atoms with Gasteiger partial charge in [0.1, 0.15) is 18.8 Å². The van der Waals surface area contributed by atoms with E-state index in [-0.39, 0.29) is 152 Å². The Balaban J connectivity index is -0.0000000298. The fourth-order valence-corrected chi connectivity index (χ4v) is 0.952. The molecule has 0 heterocycles. The van der Waals surface area contributed by atoms with Gasteiger partial charge in [-0.1, -0.05) is 12.1 Å². The number of hydrogen-bond donors (Lipinski definition) is 5. The number of carbonyl (C=O) groups excluding carboxylic acids is 6. The summed E-state index contributed by atoms with van der Waals surface area (Å²) in [6, 6.07) is 0. The topological polar surface area (TPSA) is 240 Å². The van der Waals surface area contributed by atoms with Crippen LogP contribution in [0.2, 0.25) is 0 Å². The fourth-order valence-electron chi connectivity index (χ4n) is 0.952. The van der Waals surface area contributed by atoms with Crippen LogP contribution in [0.15, 0.2) is 5.16 Å². The molecule has 0 aliphatic carbocycles. The van der Waals surface area contributed by atoms with E-state index in [0.29, 0.717) is 6.42 Å². The van der Waals surface area contributed by atoms with Gasteiger partial charge in [0, 0.05) is 33.8 Å². The van der Waals surface area contributed by atoms with Crippen molar-refractivity contribution >= 4 is 296 Å². The Kier molecular flexibility index (Phi) is 190. The molecule has 26 heteroatoms. The SMILES string of the molecule is C/C=N/OCC(=O)NC.CCC(=O)OC(C)(C)C.CNC(=O)CON.CNC(=O)CON.[CH-]=O.[CH-]=O.[K+].[K+].[K][K].[K][K].[K][K].[K][K]. The number of rotatable bonds is 8. The van der Waals surface area contributed by atoms with Gasteiger partial charge in [0.15, 0.2) is 6.61 Å². The molecule has 3 amide bonds. The monoisotopic (exact) mass is 916 g/mol. The van der Waals surface area contributed by atoms with Crippen molar-refractivity contribution in [1.29, 1.82) is 0 Å². The average molecular weight is 918 g/mol. The summed E-state index contributed by atoms with van der Waals surface area (Å²) in [5.74, 6) is 8.33. The zero-order valence-electron chi connectivity index (χ0n) is 32.2. The molecule has 0 atom stereocenters. The Hall–Kier alpha value is 12.9. The molecule has 7 N–H and O–H groups in total. The number of amides is 3. The molecule has 0 aromatic carbocycles. The van der Waals surface area contributed by atoms with Crippen LogP contribution < -0.4 is 131 Å². The van der Waals surface area contributed by atoms with Crippen LogP contribution >= 0.6 is 0 Å². The summed E-state index contributed by atoms with van der Waals surface area (Å²) in [6.07, 6.45) is 1.93. The van der Waals surface area contributed by atoms with Gasteiger partial charge in [0.05, 0.1) is 0 Å². The van der Waals surface area contributed by atoms with E-state index in [2.05, 4.69) is 61.0 Å². The van der Waals surface area contributed by atoms with Crippen molar-refractivity contribution in [3.8, 4) is 0 Å². The number of likely N-dealkylation sites (N-methyl/N-ethyl adjacent to an activating group) is 3. The summed E-state index contributed by atoms with van der Waals surface area (Å²) in [5, 5.41) is 10.4. The van der Waals surface area contributed by atoms with Crippen molar-refractivity contribution in [1.82, 2.24) is 16.0 Å². The summed E-state index contributed by atoms with van der Waals surface area (Å²) < 4.78 is 4.95. The Bertz CT molecular complexity index is 572. The van der Waals surface area contributed by atoms with Crippen LogP contribution in [0, 0.1) is 0 Å². The van der Waals surface area contributed by atoms with E-state index in [9.17, 15) is 19.2 Å². The third-order valence-corrected chi connectivity index (χ3v) is 2.35. The molecular formula is C20H42K10N6O10. The van der Waals surface area contributed by atoms with E-state index in [4.69, 9.17) is 14.3 Å². The summed E-state index contributed by atoms with van der Waals surface area (Å²) >= 11 is 10.0. The van der Waals surface area contributed by atoms with Crippen molar-refractivity contribution in [2.45, 2.75) is 46.6 Å². The molecule has 0 saturated heterocycles. The van der Waals surface area contributed by atoms with E-state index < -0.39 is 0 Å². The number of esters is 1. The second kappa shape index (κ2) is 97.3. The van der Waals surface area contributed by atoms with E-state index in [1.54, 1.807) is 20.9 Å². The van der Waals surface area contributed by atoms with Crippen molar-refractivity contribution in [3.63, 3.8) is 0 Å². The molecule has 0 aromatic heterocycles. The first kappa shape index (κ1) is 89.8. The van der Waals surface area contributed by atoms with Crippen LogP contribution in [0.5, 0.6) is 0 Å². The van der Waals surface area contributed by atoms with E-state index in [1.165, 1.54) is 273 Å². The van der Waals surface area contributed by atoms with E-state index >= 15 is 0 Å². The summed E-state index contributed by atoms with van der Waals surface area (Å²) in [5.41, 5.74) is -0.326. The summed E-state index contributed by atoms with van der Waals surface area (Å²) in [6.45, 7) is 15.4. The molecule has 0 bridgehead atoms. The first-order chi connectivity index (χ1) is 20.9. The van der Waals surface area contributed by atoms with Gasteiger partial charge in [-0.2, -0.15) is 0 Å². The quantitative estimate of drug-likeness (QED) is 0.0381. The Morgan fingerprint density at radius 2 is 0.957 bits per heavy atom. The third-order valence-electron chi connectivity index (χ3n) is 2.35. The number of hydrogen-bond acceptors (Lipinski definition) is 13. The number of nitrogens with two attached hydrogens (primary N) is 2. The van der Waals surface area contributed by atoms with E-state index in [1.807, 2.05) is 20.8 Å². The molecule has 0 rings (SSSR count). The third kappa shape index (κ3) is 131. The second-order valence-electron chi connectivity index (χ2n) is 6.22. The van der Waals surface area contributed by atoms with Crippen molar-refractivity contribution < 1.29 is 151 Å². The predicted molar refractivity (Wildman–Crippen MR) is 178 cm³/mol. The number of carbonyl (C=O) groups is 4. The number of nitrogens with one attached hydrogen (secondary N) is 3. The first-order valence-corrected chi connectivity index (χ1v) is 77.9. The second-order valence-corrected chi connectivity index (χ2v) is 6.22. The number of oxime groups is 1. The maximum atomic E-state index is 10.6. The maximum absolute atomic E-state index is 10.6. The van der Waals surface area contributed by atoms with Crippen molar-refractivity contribution in [2.24, 2.45) is 16.9 Å². The van der Waals surface area contributed by atoms with Gasteiger partial charge >= 0.3 is 361 Å². The van der Waals surface area contributed by atoms with Gasteiger partial charge in [0.25, 0.3) is 5.91 Å². The molecule has 0 fully saturated rings. The summed E-state index contributed by atoms with van der Waals surface area (Å²) in [7, 11) is 4.57. The van der Waals surface area contributed by atoms with Crippen LogP contribution in [-0.2, 0) is 48.0 Å². The van der Waals surface area contributed by atoms with Gasteiger partial charge < -0.3 is 35.1 Å². The van der Waals surface area contributed by atoms with Crippen LogP contribution in [0.4, 0.5) is 0 Å². The first-order valence-electron chi connectivity index (χ1n) is 13.9. The molecule has 0 aliphatic rings. The minimum absolute atomic E-state index is 0. The normalized spacial score (nSPS) is 7.43. The van der Waals surface area contributed by atoms with Crippen LogP contribution in [0.25, 0.3) is 0 Å². The summed E-state index contributed by atoms with van der Waals surface area (Å²) in [4.78, 5) is 69.1. The number of nitrogens with zero attached hydrogens (tertiary/aromatic N) is 1. The minimum atomic E-state index is -0.326. The standard InChI is InChI=1S/C7H14O2.C5H10N2O2.2C3H8N2O2.2CHO.10K/c1-5-6(8)9-7(2,3)4;1-3-7-9-4-5(8)6-2;2*1-5-3(6)2-7-4;2*1-2;;;;;;;;;;/h5H2,1-4H3;3H,4H2,1-2H3,(H,6,8);2*2,4H2,1H3,(H,5,6);2*1H;;;;;;;;;;/q;;;;2*-1;;;;;;;;;2*+1/b;7-3+;;;;;;;;;;;;;;. The van der Waals surface area contributed by atoms with Gasteiger partial charge in [-0.15, -0.1) is 0 Å². The molecule has 0 saturated carbocycles. The van der Waals surface area contributed by atoms with E-state index in [0.717, 1.165) is 0 Å². The molecule has 0 aromatic rings. The van der Waals surface area contributed by atoms with Crippen LogP contribution in [0.3, 0.4) is 0 Å². The molecule has 0 spiro atoms. The fraction of sp³-hybridized carbons (Fsp3) is 0.650. The molecule has 16 nitrogen and oxygen atoms in total. The Morgan fingerprint density at radius 1 is 0.696 bits per heavy atom. The Labute approximate surface area is 543 Å². The Morgan fingerprint density at radius 3 is 1.09 bits per heavy atom. The van der Waals surface area contributed by atoms with Gasteiger partial charge in [-0.25, -0.2) is 11.8 Å². The zero-order chi connectivity index (χ0) is 38.0. The molecule has 222 valence electrons. The van der Waals surface area contributed by atoms with Gasteiger partial charge in [0.2, 0.25) is 11.8 Å². The van der Waals surface area contributed by atoms with Crippen LogP contribution in [-0.4, -0.2) is 343 Å². The predicted octanol–water partition coefficient (Wildman–Crippen LogP) is -10.8. The molecule has 46 heavy (non-hydrogen) atoms. The molecule has 0 unspecified atom stereocenters.